The van der Waals surface area contributed by atoms with Crippen LogP contribution in [0.5, 0.6) is 23.0 Å². The molecule has 1 aliphatic rings. The molecule has 12 nitrogen and oxygen atoms in total. The average molecular weight is 478 g/mol. The highest BCUT2D eigenvalue weighted by Crippen LogP contribution is 2.35. The van der Waals surface area contributed by atoms with Crippen molar-refractivity contribution in [1.29, 1.82) is 0 Å². The van der Waals surface area contributed by atoms with E-state index < -0.39 is 72.1 Å². The van der Waals surface area contributed by atoms with Crippen LogP contribution in [0.25, 0.3) is 6.08 Å². The van der Waals surface area contributed by atoms with E-state index in [4.69, 9.17) is 14.2 Å². The second kappa shape index (κ2) is 10.4. The van der Waals surface area contributed by atoms with Crippen molar-refractivity contribution in [1.82, 2.24) is 0 Å². The third-order valence-corrected chi connectivity index (χ3v) is 4.89. The van der Waals surface area contributed by atoms with Gasteiger partial charge in [0.1, 0.15) is 59.6 Å². The van der Waals surface area contributed by atoms with E-state index in [1.165, 1.54) is 18.2 Å². The summed E-state index contributed by atoms with van der Waals surface area (Å²) >= 11 is 0. The predicted molar refractivity (Wildman–Crippen MR) is 112 cm³/mol. The number of phenols is 3. The van der Waals surface area contributed by atoms with Crippen LogP contribution >= 0.6 is 0 Å². The first-order valence-corrected chi connectivity index (χ1v) is 9.86. The van der Waals surface area contributed by atoms with Crippen LogP contribution in [-0.2, 0) is 14.3 Å². The third-order valence-electron chi connectivity index (χ3n) is 4.89. The van der Waals surface area contributed by atoms with Crippen molar-refractivity contribution in [3.63, 3.8) is 0 Å². The Morgan fingerprint density at radius 2 is 1.62 bits per heavy atom. The number of carboxylic acid groups (broad SMARTS) is 1. The molecule has 1 saturated heterocycles. The molecule has 1 heterocycles. The molecular formula is C22H22O12. The highest BCUT2D eigenvalue weighted by atomic mass is 16.7. The summed E-state index contributed by atoms with van der Waals surface area (Å²) in [5.74, 6) is -4.33. The lowest BCUT2D eigenvalue weighted by Crippen LogP contribution is -2.60. The van der Waals surface area contributed by atoms with Gasteiger partial charge in [-0.2, -0.15) is 0 Å². The molecule has 0 aliphatic carbocycles. The standard InChI is InChI=1S/C22H22O12/c23-11-4-1-10(2-5-11)3-6-16(26)32-9-15-18(27)19(28)20(29)22(34-15)33-14-8-12(24)7-13(25)17(14)21(30)31/h1-8,15,18-20,22-25,27-29H,9H2,(H,30,31)/b6-3+/t15-,18-,19+,20-,22-/m1/s1. The lowest BCUT2D eigenvalue weighted by atomic mass is 9.99. The Morgan fingerprint density at radius 1 is 0.941 bits per heavy atom. The summed E-state index contributed by atoms with van der Waals surface area (Å²) in [5, 5.41) is 68.5. The molecule has 0 spiro atoms. The van der Waals surface area contributed by atoms with Gasteiger partial charge in [0.05, 0.1) is 0 Å². The zero-order valence-corrected chi connectivity index (χ0v) is 17.4. The molecule has 12 heteroatoms. The molecule has 0 radical (unpaired) electrons. The zero-order valence-electron chi connectivity index (χ0n) is 17.4. The summed E-state index contributed by atoms with van der Waals surface area (Å²) in [4.78, 5) is 23.4. The molecule has 0 saturated carbocycles. The summed E-state index contributed by atoms with van der Waals surface area (Å²) in [7, 11) is 0. The monoisotopic (exact) mass is 478 g/mol. The van der Waals surface area contributed by atoms with E-state index in [0.29, 0.717) is 5.56 Å². The van der Waals surface area contributed by atoms with E-state index in [-0.39, 0.29) is 5.75 Å². The number of aliphatic hydroxyl groups is 3. The largest absolute Gasteiger partial charge is 0.508 e. The first-order valence-electron chi connectivity index (χ1n) is 9.86. The quantitative estimate of drug-likeness (QED) is 0.207. The van der Waals surface area contributed by atoms with Gasteiger partial charge in [0.2, 0.25) is 6.29 Å². The van der Waals surface area contributed by atoms with Crippen LogP contribution in [0.4, 0.5) is 0 Å². The smallest absolute Gasteiger partial charge is 0.343 e. The highest BCUT2D eigenvalue weighted by Gasteiger charge is 2.46. The Kier molecular flexibility index (Phi) is 7.58. The van der Waals surface area contributed by atoms with E-state index in [1.54, 1.807) is 12.1 Å². The number of carboxylic acids is 1. The fraction of sp³-hybridized carbons (Fsp3) is 0.273. The van der Waals surface area contributed by atoms with Crippen LogP contribution in [0.3, 0.4) is 0 Å². The number of benzene rings is 2. The summed E-state index contributed by atoms with van der Waals surface area (Å²) in [6.07, 6.45) is -6.03. The van der Waals surface area contributed by atoms with Gasteiger partial charge in [0.25, 0.3) is 0 Å². The Labute approximate surface area is 192 Å². The number of ether oxygens (including phenoxy) is 3. The molecule has 1 aliphatic heterocycles. The maximum atomic E-state index is 12.0. The van der Waals surface area contributed by atoms with Crippen molar-refractivity contribution < 1.29 is 59.5 Å². The third kappa shape index (κ3) is 5.74. The second-order valence-electron chi connectivity index (χ2n) is 7.33. The van der Waals surface area contributed by atoms with Crippen molar-refractivity contribution in [2.75, 3.05) is 6.61 Å². The minimum atomic E-state index is -1.86. The maximum absolute atomic E-state index is 12.0. The van der Waals surface area contributed by atoms with Gasteiger partial charge < -0.3 is 50.0 Å². The lowest BCUT2D eigenvalue weighted by molar-refractivity contribution is -0.278. The van der Waals surface area contributed by atoms with Gasteiger partial charge in [-0.1, -0.05) is 12.1 Å². The first kappa shape index (κ1) is 24.8. The Bertz CT molecular complexity index is 1060. The molecule has 2 aromatic carbocycles. The minimum absolute atomic E-state index is 0.0529. The number of hydrogen-bond acceptors (Lipinski definition) is 11. The van der Waals surface area contributed by atoms with Crippen molar-refractivity contribution >= 4 is 18.0 Å². The number of rotatable bonds is 7. The van der Waals surface area contributed by atoms with Gasteiger partial charge in [-0.3, -0.25) is 0 Å². The molecule has 0 aromatic heterocycles. The number of esters is 1. The molecule has 1 fully saturated rings. The van der Waals surface area contributed by atoms with Gasteiger partial charge >= 0.3 is 11.9 Å². The van der Waals surface area contributed by atoms with E-state index in [0.717, 1.165) is 18.2 Å². The number of carbonyl (C=O) groups is 2. The number of hydrogen-bond donors (Lipinski definition) is 7. The van der Waals surface area contributed by atoms with Gasteiger partial charge in [0.15, 0.2) is 0 Å². The Hall–Kier alpha value is -3.84. The van der Waals surface area contributed by atoms with Crippen molar-refractivity contribution in [3.8, 4) is 23.0 Å². The van der Waals surface area contributed by atoms with Crippen molar-refractivity contribution in [3.05, 3.63) is 53.6 Å². The number of aliphatic hydroxyl groups excluding tert-OH is 3. The van der Waals surface area contributed by atoms with Gasteiger partial charge in [0, 0.05) is 18.2 Å². The van der Waals surface area contributed by atoms with Crippen LogP contribution < -0.4 is 4.74 Å². The van der Waals surface area contributed by atoms with Crippen molar-refractivity contribution in [2.24, 2.45) is 0 Å². The molecule has 0 amide bonds. The second-order valence-corrected chi connectivity index (χ2v) is 7.33. The van der Waals surface area contributed by atoms with Crippen LogP contribution in [0.2, 0.25) is 0 Å². The number of aromatic carboxylic acids is 1. The highest BCUT2D eigenvalue weighted by molar-refractivity contribution is 5.94. The first-order chi connectivity index (χ1) is 16.1. The molecule has 34 heavy (non-hydrogen) atoms. The van der Waals surface area contributed by atoms with Gasteiger partial charge in [-0.05, 0) is 23.8 Å². The minimum Gasteiger partial charge on any atom is -0.508 e. The Balaban J connectivity index is 1.69. The van der Waals surface area contributed by atoms with E-state index in [9.17, 15) is 45.3 Å². The van der Waals surface area contributed by atoms with Gasteiger partial charge in [-0.15, -0.1) is 0 Å². The number of phenolic OH excluding ortho intramolecular Hbond substituents is 2. The topological polar surface area (TPSA) is 203 Å². The number of carbonyl (C=O) groups excluding carboxylic acids is 1. The van der Waals surface area contributed by atoms with Crippen LogP contribution in [0, 0.1) is 0 Å². The molecule has 0 bridgehead atoms. The van der Waals surface area contributed by atoms with E-state index in [1.807, 2.05) is 0 Å². The van der Waals surface area contributed by atoms with Crippen LogP contribution in [0.15, 0.2) is 42.5 Å². The fourth-order valence-electron chi connectivity index (χ4n) is 3.13. The molecule has 5 atom stereocenters. The predicted octanol–water partition coefficient (Wildman–Crippen LogP) is -0.0554. The molecule has 7 N–H and O–H groups in total. The SMILES string of the molecule is O=C(/C=C/c1ccc(O)cc1)OC[C@H]1O[C@@H](Oc2cc(O)cc(O)c2C(=O)O)[C@H](O)[C@@H](O)[C@@H]1O. The molecule has 0 unspecified atom stereocenters. The molecular weight excluding hydrogens is 456 g/mol. The number of aromatic hydroxyl groups is 3. The maximum Gasteiger partial charge on any atom is 0.343 e. The van der Waals surface area contributed by atoms with Crippen LogP contribution in [-0.4, -0.2) is 85.0 Å². The summed E-state index contributed by atoms with van der Waals surface area (Å²) < 4.78 is 15.6. The molecule has 2 aromatic rings. The molecule has 182 valence electrons. The lowest BCUT2D eigenvalue weighted by Gasteiger charge is -2.40. The van der Waals surface area contributed by atoms with E-state index >= 15 is 0 Å². The summed E-state index contributed by atoms with van der Waals surface area (Å²) in [6, 6.07) is 7.56. The average Bonchev–Trinajstić information content (AvgIpc) is 2.77. The summed E-state index contributed by atoms with van der Waals surface area (Å²) in [5.41, 5.74) is -0.143. The van der Waals surface area contributed by atoms with Crippen LogP contribution in [0.1, 0.15) is 15.9 Å². The fourth-order valence-corrected chi connectivity index (χ4v) is 3.13. The molecule has 3 rings (SSSR count). The van der Waals surface area contributed by atoms with Gasteiger partial charge in [-0.25, -0.2) is 9.59 Å². The van der Waals surface area contributed by atoms with E-state index in [2.05, 4.69) is 0 Å². The summed E-state index contributed by atoms with van der Waals surface area (Å²) in [6.45, 7) is -0.569. The van der Waals surface area contributed by atoms with Crippen molar-refractivity contribution in [2.45, 2.75) is 30.7 Å². The Morgan fingerprint density at radius 3 is 2.26 bits per heavy atom. The normalized spacial score (nSPS) is 24.6. The zero-order chi connectivity index (χ0) is 25.0.